The van der Waals surface area contributed by atoms with E-state index < -0.39 is 5.91 Å². The van der Waals surface area contributed by atoms with Gasteiger partial charge in [0.2, 0.25) is 5.91 Å². The monoisotopic (exact) mass is 863 g/mol. The minimum atomic E-state index is -0.401. The number of nitrogens with two attached hydrogens (primary N) is 1. The first-order valence-corrected chi connectivity index (χ1v) is 21.2. The van der Waals surface area contributed by atoms with Crippen LogP contribution in [0.2, 0.25) is 0 Å². The highest BCUT2D eigenvalue weighted by atomic mass is 16.5. The van der Waals surface area contributed by atoms with Gasteiger partial charge in [-0.1, -0.05) is 34.6 Å². The molecule has 65 heavy (non-hydrogen) atoms. The summed E-state index contributed by atoms with van der Waals surface area (Å²) in [7, 11) is 3.79. The molecule has 2 unspecified atom stereocenters. The van der Waals surface area contributed by atoms with Crippen LogP contribution in [0.25, 0.3) is 44.5 Å². The van der Waals surface area contributed by atoms with E-state index in [4.69, 9.17) is 14.8 Å². The lowest BCUT2D eigenvalue weighted by Crippen LogP contribution is -2.26. The van der Waals surface area contributed by atoms with Crippen molar-refractivity contribution in [3.05, 3.63) is 144 Å². The first-order chi connectivity index (χ1) is 31.5. The highest BCUT2D eigenvalue weighted by molar-refractivity contribution is 5.91. The molecule has 8 aromatic rings. The van der Waals surface area contributed by atoms with Gasteiger partial charge in [0, 0.05) is 121 Å². The maximum absolute atomic E-state index is 11.9. The Morgan fingerprint density at radius 3 is 1.54 bits per heavy atom. The average molecular weight is 864 g/mol. The molecule has 6 heterocycles. The highest BCUT2D eigenvalue weighted by Crippen LogP contribution is 2.48. The largest absolute Gasteiger partial charge is 0.396 e. The summed E-state index contributed by atoms with van der Waals surface area (Å²) in [5.41, 5.74) is 20.3. The summed E-state index contributed by atoms with van der Waals surface area (Å²) in [4.78, 5) is 16.3. The van der Waals surface area contributed by atoms with Gasteiger partial charge in [-0.2, -0.15) is 20.7 Å². The van der Waals surface area contributed by atoms with E-state index in [9.17, 15) is 20.4 Å². The molecule has 1 amide bonds. The third kappa shape index (κ3) is 8.12. The summed E-state index contributed by atoms with van der Waals surface area (Å²) in [6, 6.07) is 31.9. The second-order valence-corrected chi connectivity index (χ2v) is 16.4. The number of hydrogen-bond donors (Lipinski definition) is 2. The Hall–Kier alpha value is -8.27. The number of fused-ring (bicyclic) bond motifs is 6. The van der Waals surface area contributed by atoms with Gasteiger partial charge >= 0.3 is 0 Å². The molecular formula is C50H45N11O4. The third-order valence-corrected chi connectivity index (χ3v) is 12.1. The van der Waals surface area contributed by atoms with Crippen LogP contribution in [0.4, 0.5) is 22.7 Å². The number of hydrogen-bond acceptors (Lipinski definition) is 12. The number of carbonyl (C=O) groups is 1. The molecule has 2 atom stereocenters. The molecule has 2 aliphatic rings. The Bertz CT molecular complexity index is 3130. The van der Waals surface area contributed by atoms with E-state index >= 15 is 0 Å². The minimum absolute atomic E-state index is 0.0268. The second kappa shape index (κ2) is 17.5. The number of rotatable bonds is 8. The number of benzene rings is 4. The quantitative estimate of drug-likeness (QED) is 0.147. The van der Waals surface area contributed by atoms with Crippen LogP contribution in [0.1, 0.15) is 58.7 Å². The number of nitrogens with zero attached hydrogens (tertiary/aromatic N) is 10. The third-order valence-electron chi connectivity index (χ3n) is 12.1. The molecule has 0 fully saturated rings. The normalized spacial score (nSPS) is 14.9. The van der Waals surface area contributed by atoms with Crippen LogP contribution in [0.5, 0.6) is 0 Å². The topological polar surface area (TPSA) is 205 Å². The number of anilines is 4. The molecule has 10 rings (SSSR count). The molecule has 0 saturated heterocycles. The predicted molar refractivity (Wildman–Crippen MR) is 245 cm³/mol. The van der Waals surface area contributed by atoms with Crippen molar-refractivity contribution in [3.8, 4) is 56.6 Å². The lowest BCUT2D eigenvalue weighted by atomic mass is 9.94. The molecule has 15 nitrogen and oxygen atoms in total. The van der Waals surface area contributed by atoms with Crippen molar-refractivity contribution in [2.24, 2.45) is 19.8 Å². The Morgan fingerprint density at radius 2 is 1.14 bits per heavy atom. The maximum Gasteiger partial charge on any atom is 0.218 e. The first kappa shape index (κ1) is 42.1. The van der Waals surface area contributed by atoms with Gasteiger partial charge in [-0.3, -0.25) is 14.2 Å². The number of nitriles is 2. The molecule has 4 aromatic carbocycles. The maximum atomic E-state index is 11.9. The summed E-state index contributed by atoms with van der Waals surface area (Å²) in [5, 5.41) is 45.3. The predicted octanol–water partition coefficient (Wildman–Crippen LogP) is 8.57. The number of primary amides is 1. The fourth-order valence-electron chi connectivity index (χ4n) is 8.92. The second-order valence-electron chi connectivity index (χ2n) is 16.4. The molecule has 2 aliphatic heterocycles. The number of aliphatic hydroxyl groups excluding tert-OH is 1. The van der Waals surface area contributed by atoms with Gasteiger partial charge in [0.05, 0.1) is 47.0 Å². The summed E-state index contributed by atoms with van der Waals surface area (Å²) < 4.78 is 15.1. The standard InChI is InChI=1S/C25H22N6O2.C25H23N5O2/c1-15-24-21-8-5-17(19-12-28-30(2)13-19)9-22(21)31(20-6-3-16(11-26)4-7-20)14-18(10-23(27)32)25(24)33-29-15;1-16-24-22-8-5-18(20-13-27-29(2)14-20)11-23(22)30(21-6-3-17(12-26)4-7-21)15-19(9-10-31)25(24)32-28-16/h3-9,12-13,18H,10,14H2,1-2H3,(H2,27,32);3-8,11,13-14,19,31H,9-10,15H2,1-2H3. The fourth-order valence-corrected chi connectivity index (χ4v) is 8.92. The Kier molecular flexibility index (Phi) is 11.3. The highest BCUT2D eigenvalue weighted by Gasteiger charge is 2.35. The van der Waals surface area contributed by atoms with Crippen molar-refractivity contribution in [2.75, 3.05) is 29.5 Å². The lowest BCUT2D eigenvalue weighted by Gasteiger charge is -2.28. The molecule has 4 aromatic heterocycles. The van der Waals surface area contributed by atoms with Crippen LogP contribution in [0.3, 0.4) is 0 Å². The zero-order valence-electron chi connectivity index (χ0n) is 36.3. The van der Waals surface area contributed by atoms with Crippen molar-refractivity contribution < 1.29 is 18.9 Å². The van der Waals surface area contributed by atoms with Crippen LogP contribution < -0.4 is 15.5 Å². The van der Waals surface area contributed by atoms with Crippen LogP contribution in [0.15, 0.2) is 119 Å². The van der Waals surface area contributed by atoms with Crippen LogP contribution >= 0.6 is 0 Å². The van der Waals surface area contributed by atoms with Crippen molar-refractivity contribution >= 4 is 28.7 Å². The van der Waals surface area contributed by atoms with Crippen LogP contribution in [0, 0.1) is 36.5 Å². The van der Waals surface area contributed by atoms with Crippen molar-refractivity contribution in [3.63, 3.8) is 0 Å². The van der Waals surface area contributed by atoms with Gasteiger partial charge in [0.1, 0.15) is 11.5 Å². The van der Waals surface area contributed by atoms with Crippen molar-refractivity contribution in [1.82, 2.24) is 29.9 Å². The zero-order valence-corrected chi connectivity index (χ0v) is 36.3. The van der Waals surface area contributed by atoms with Gasteiger partial charge < -0.3 is 29.7 Å². The lowest BCUT2D eigenvalue weighted by molar-refractivity contribution is -0.118. The van der Waals surface area contributed by atoms with Crippen molar-refractivity contribution in [2.45, 2.75) is 38.5 Å². The Labute approximate surface area is 375 Å². The summed E-state index contributed by atoms with van der Waals surface area (Å²) in [6.07, 6.45) is 8.35. The molecule has 15 heteroatoms. The number of amides is 1. The van der Waals surface area contributed by atoms with Crippen LogP contribution in [-0.4, -0.2) is 60.6 Å². The fraction of sp³-hybridized carbons (Fsp3) is 0.220. The van der Waals surface area contributed by atoms with Gasteiger partial charge in [-0.05, 0) is 92.1 Å². The molecule has 0 spiro atoms. The zero-order chi connectivity index (χ0) is 45.4. The SMILES string of the molecule is Cc1noc2c1-c1ccc(-c3cnn(C)c3)cc1N(c1ccc(C#N)cc1)CC2CC(N)=O.Cc1noc2c1-c1ccc(-c3cnn(C)c3)cc1N(c1ccc(C#N)cc1)CC2CCO. The summed E-state index contributed by atoms with van der Waals surface area (Å²) >= 11 is 0. The van der Waals surface area contributed by atoms with Gasteiger partial charge in [0.15, 0.2) is 0 Å². The average Bonchev–Trinajstić information content (AvgIpc) is 4.11. The Balaban J connectivity index is 0.000000164. The van der Waals surface area contributed by atoms with E-state index in [1.54, 1.807) is 21.5 Å². The van der Waals surface area contributed by atoms with E-state index in [2.05, 4.69) is 78.8 Å². The summed E-state index contributed by atoms with van der Waals surface area (Å²) in [5.74, 6) is 0.771. The van der Waals surface area contributed by atoms with Gasteiger partial charge in [0.25, 0.3) is 0 Å². The van der Waals surface area contributed by atoms with E-state index in [0.717, 1.165) is 84.4 Å². The van der Waals surface area contributed by atoms with E-state index in [0.29, 0.717) is 36.4 Å². The molecule has 0 radical (unpaired) electrons. The van der Waals surface area contributed by atoms with E-state index in [1.807, 2.05) is 89.1 Å². The number of aliphatic hydroxyl groups is 1. The van der Waals surface area contributed by atoms with Gasteiger partial charge in [-0.25, -0.2) is 0 Å². The van der Waals surface area contributed by atoms with Crippen molar-refractivity contribution in [1.29, 1.82) is 10.5 Å². The van der Waals surface area contributed by atoms with E-state index in [1.165, 1.54) is 0 Å². The van der Waals surface area contributed by atoms with E-state index in [-0.39, 0.29) is 24.9 Å². The smallest absolute Gasteiger partial charge is 0.218 e. The van der Waals surface area contributed by atoms with Gasteiger partial charge in [-0.15, -0.1) is 0 Å². The number of carbonyl (C=O) groups excluding carboxylic acids is 1. The number of aromatic nitrogens is 6. The minimum Gasteiger partial charge on any atom is -0.396 e. The first-order valence-electron chi connectivity index (χ1n) is 21.2. The molecular weight excluding hydrogens is 819 g/mol. The molecule has 0 bridgehead atoms. The summed E-state index contributed by atoms with van der Waals surface area (Å²) in [6.45, 7) is 5.01. The van der Waals surface area contributed by atoms with Crippen LogP contribution in [-0.2, 0) is 18.9 Å². The number of aryl methyl sites for hydroxylation is 4. The molecule has 0 aliphatic carbocycles. The Morgan fingerprint density at radius 1 is 0.692 bits per heavy atom. The molecule has 0 saturated carbocycles. The molecule has 324 valence electrons. The molecule has 3 N–H and O–H groups in total.